The van der Waals surface area contributed by atoms with Crippen LogP contribution in [0.1, 0.15) is 10.5 Å². The number of aromatic nitrogens is 5. The van der Waals surface area contributed by atoms with Gasteiger partial charge in [0, 0.05) is 39.9 Å². The third-order valence-electron chi connectivity index (χ3n) is 5.22. The van der Waals surface area contributed by atoms with Crippen LogP contribution in [0.5, 0.6) is 0 Å². The van der Waals surface area contributed by atoms with Crippen molar-refractivity contribution < 1.29 is 4.79 Å². The molecule has 0 fully saturated rings. The average Bonchev–Trinajstić information content (AvgIpc) is 3.49. The normalized spacial score (nSPS) is 12.3. The van der Waals surface area contributed by atoms with Crippen LogP contribution in [-0.2, 0) is 0 Å². The number of halogens is 1. The highest BCUT2D eigenvalue weighted by molar-refractivity contribution is 6.29. The van der Waals surface area contributed by atoms with E-state index >= 15 is 0 Å². The molecule has 0 radical (unpaired) electrons. The van der Waals surface area contributed by atoms with Gasteiger partial charge in [0.15, 0.2) is 5.82 Å². The minimum atomic E-state index is -0.384. The maximum atomic E-state index is 12.6. The van der Waals surface area contributed by atoms with Crippen molar-refractivity contribution in [2.45, 2.75) is 0 Å². The fraction of sp³-hybridized carbons (Fsp3) is 0. The first-order valence-corrected chi connectivity index (χ1v) is 10.9. The summed E-state index contributed by atoms with van der Waals surface area (Å²) in [5.74, 6) is 0.806. The van der Waals surface area contributed by atoms with Crippen LogP contribution >= 0.6 is 11.6 Å². The largest absolute Gasteiger partial charge is 0.403 e. The quantitative estimate of drug-likeness (QED) is 0.157. The van der Waals surface area contributed by atoms with E-state index in [2.05, 4.69) is 35.8 Å². The molecule has 0 atom stereocenters. The van der Waals surface area contributed by atoms with Gasteiger partial charge in [0.1, 0.15) is 16.7 Å². The molecule has 10 nitrogen and oxygen atoms in total. The van der Waals surface area contributed by atoms with Gasteiger partial charge in [-0.1, -0.05) is 23.7 Å². The number of hydrogen-bond acceptors (Lipinski definition) is 7. The zero-order valence-electron chi connectivity index (χ0n) is 18.2. The number of H-pyrrole nitrogens is 2. The summed E-state index contributed by atoms with van der Waals surface area (Å²) in [6.07, 6.45) is 6.02. The number of aromatic amines is 2. The average molecular weight is 486 g/mol. The molecule has 3 heterocycles. The van der Waals surface area contributed by atoms with Gasteiger partial charge in [-0.3, -0.25) is 9.89 Å². The van der Waals surface area contributed by atoms with Gasteiger partial charge >= 0.3 is 0 Å². The number of amides is 1. The van der Waals surface area contributed by atoms with E-state index in [4.69, 9.17) is 23.1 Å². The minimum Gasteiger partial charge on any atom is -0.403 e. The molecule has 0 spiro atoms. The fourth-order valence-electron chi connectivity index (χ4n) is 3.60. The van der Waals surface area contributed by atoms with Gasteiger partial charge < -0.3 is 27.1 Å². The minimum absolute atomic E-state index is 0.00189. The Bertz CT molecular complexity index is 1610. The Kier molecular flexibility index (Phi) is 5.78. The highest BCUT2D eigenvalue weighted by Gasteiger charge is 2.12. The van der Waals surface area contributed by atoms with Crippen LogP contribution in [0.15, 0.2) is 84.1 Å². The molecule has 11 heteroatoms. The lowest BCUT2D eigenvalue weighted by atomic mass is 10.1. The molecule has 1 amide bonds. The highest BCUT2D eigenvalue weighted by atomic mass is 35.5. The number of anilines is 2. The van der Waals surface area contributed by atoms with Gasteiger partial charge in [-0.05, 0) is 42.5 Å². The molecule has 5 aromatic rings. The Balaban J connectivity index is 1.38. The van der Waals surface area contributed by atoms with Crippen molar-refractivity contribution >= 4 is 50.8 Å². The topological polar surface area (TPSA) is 163 Å². The summed E-state index contributed by atoms with van der Waals surface area (Å²) >= 11 is 5.66. The van der Waals surface area contributed by atoms with Crippen molar-refractivity contribution in [1.82, 2.24) is 30.5 Å². The monoisotopic (exact) mass is 485 g/mol. The van der Waals surface area contributed by atoms with Gasteiger partial charge in [-0.25, -0.2) is 9.97 Å². The molecule has 0 bridgehead atoms. The Hall–Kier alpha value is -4.83. The second-order valence-corrected chi connectivity index (χ2v) is 8.09. The van der Waals surface area contributed by atoms with E-state index in [1.165, 1.54) is 12.3 Å². The van der Waals surface area contributed by atoms with Crippen molar-refractivity contribution in [1.29, 1.82) is 0 Å². The first kappa shape index (κ1) is 22.0. The number of allylic oxidation sites excluding steroid dienone is 1. The first-order chi connectivity index (χ1) is 17.0. The van der Waals surface area contributed by atoms with Crippen LogP contribution in [0, 0.1) is 0 Å². The number of carbonyl (C=O) groups excluding carboxylic acids is 1. The number of nitrogens with zero attached hydrogens (tertiary/aromatic N) is 3. The molecule has 2 aromatic carbocycles. The molecule has 0 saturated carbocycles. The van der Waals surface area contributed by atoms with Gasteiger partial charge in [0.05, 0.1) is 17.4 Å². The fourth-order valence-corrected chi connectivity index (χ4v) is 3.71. The number of fused-ring (bicyclic) bond motifs is 2. The zero-order chi connectivity index (χ0) is 24.4. The predicted molar refractivity (Wildman–Crippen MR) is 137 cm³/mol. The summed E-state index contributed by atoms with van der Waals surface area (Å²) in [6, 6.07) is 15.1. The van der Waals surface area contributed by atoms with E-state index in [-0.39, 0.29) is 16.8 Å². The molecule has 0 unspecified atom stereocenters. The van der Waals surface area contributed by atoms with Crippen molar-refractivity contribution in [2.75, 3.05) is 5.32 Å². The number of carbonyl (C=O) groups is 1. The van der Waals surface area contributed by atoms with E-state index in [0.29, 0.717) is 17.3 Å². The number of hydrogen-bond donors (Lipinski definition) is 6. The SMILES string of the molecule is N/C=C(\C=C(/N)Cl)NC(=O)c1cc2ccc(-c3nccc(Nc4ccc5[nH]ncc5c4)n3)cc2[nH]1. The molecule has 0 aliphatic heterocycles. The lowest BCUT2D eigenvalue weighted by Crippen LogP contribution is -2.23. The Labute approximate surface area is 204 Å². The van der Waals surface area contributed by atoms with Gasteiger partial charge in [0.2, 0.25) is 0 Å². The molecule has 3 aromatic heterocycles. The highest BCUT2D eigenvalue weighted by Crippen LogP contribution is 2.25. The summed E-state index contributed by atoms with van der Waals surface area (Å²) in [6.45, 7) is 0. The van der Waals surface area contributed by atoms with E-state index in [0.717, 1.165) is 33.1 Å². The molecule has 174 valence electrons. The maximum absolute atomic E-state index is 12.6. The van der Waals surface area contributed by atoms with E-state index in [1.807, 2.05) is 36.4 Å². The summed E-state index contributed by atoms with van der Waals surface area (Å²) in [7, 11) is 0. The van der Waals surface area contributed by atoms with Crippen LogP contribution in [0.25, 0.3) is 33.2 Å². The predicted octanol–water partition coefficient (Wildman–Crippen LogP) is 3.81. The standard InChI is InChI=1S/C24H20ClN9O/c25-21(27)10-17(11-26)31-24(35)20-8-13-1-2-14(9-19(13)32-20)23-28-6-5-22(33-23)30-16-3-4-18-15(7-16)12-29-34-18/h1-12,32H,26-27H2,(H,29,34)(H,31,35)(H,28,30,33)/b17-11+,21-10-. The van der Waals surface area contributed by atoms with Crippen LogP contribution in [0.3, 0.4) is 0 Å². The lowest BCUT2D eigenvalue weighted by Gasteiger charge is -2.07. The molecule has 0 saturated heterocycles. The van der Waals surface area contributed by atoms with Crippen molar-refractivity contribution in [2.24, 2.45) is 11.5 Å². The molecular formula is C24H20ClN9O. The second kappa shape index (κ2) is 9.20. The number of nitrogens with two attached hydrogens (primary N) is 2. The van der Waals surface area contributed by atoms with E-state index in [1.54, 1.807) is 24.5 Å². The second-order valence-electron chi connectivity index (χ2n) is 7.65. The lowest BCUT2D eigenvalue weighted by molar-refractivity contribution is 0.0963. The van der Waals surface area contributed by atoms with Crippen molar-refractivity contribution in [3.05, 3.63) is 89.7 Å². The van der Waals surface area contributed by atoms with Crippen LogP contribution < -0.4 is 22.1 Å². The van der Waals surface area contributed by atoms with Crippen LogP contribution in [-0.4, -0.2) is 31.1 Å². The first-order valence-electron chi connectivity index (χ1n) is 10.5. The Morgan fingerprint density at radius 2 is 1.94 bits per heavy atom. The number of nitrogens with one attached hydrogen (secondary N) is 4. The third-order valence-corrected chi connectivity index (χ3v) is 5.33. The summed E-state index contributed by atoms with van der Waals surface area (Å²) in [4.78, 5) is 24.8. The van der Waals surface area contributed by atoms with E-state index in [9.17, 15) is 4.79 Å². The molecular weight excluding hydrogens is 466 g/mol. The molecule has 35 heavy (non-hydrogen) atoms. The van der Waals surface area contributed by atoms with Gasteiger partial charge in [0.25, 0.3) is 5.91 Å². The number of benzene rings is 2. The van der Waals surface area contributed by atoms with E-state index < -0.39 is 0 Å². The van der Waals surface area contributed by atoms with Crippen LogP contribution in [0.4, 0.5) is 11.5 Å². The molecule has 0 aliphatic carbocycles. The summed E-state index contributed by atoms with van der Waals surface area (Å²) in [5.41, 5.74) is 15.0. The Morgan fingerprint density at radius 3 is 2.77 bits per heavy atom. The smallest absolute Gasteiger partial charge is 0.272 e. The van der Waals surface area contributed by atoms with Crippen LogP contribution in [0.2, 0.25) is 0 Å². The zero-order valence-corrected chi connectivity index (χ0v) is 19.0. The third kappa shape index (κ3) is 4.77. The maximum Gasteiger partial charge on any atom is 0.272 e. The molecule has 8 N–H and O–H groups in total. The Morgan fingerprint density at radius 1 is 1.06 bits per heavy atom. The molecule has 0 aliphatic rings. The van der Waals surface area contributed by atoms with Crippen molar-refractivity contribution in [3.8, 4) is 11.4 Å². The van der Waals surface area contributed by atoms with Crippen molar-refractivity contribution in [3.63, 3.8) is 0 Å². The molecule has 5 rings (SSSR count). The van der Waals surface area contributed by atoms with Gasteiger partial charge in [-0.2, -0.15) is 5.10 Å². The summed E-state index contributed by atoms with van der Waals surface area (Å²) < 4.78 is 0. The summed E-state index contributed by atoms with van der Waals surface area (Å²) in [5, 5.41) is 14.8. The number of rotatable bonds is 6. The van der Waals surface area contributed by atoms with Gasteiger partial charge in [-0.15, -0.1) is 0 Å².